The summed E-state index contributed by atoms with van der Waals surface area (Å²) in [6, 6.07) is 4.81. The number of sulfonamides is 1. The molecule has 0 unspecified atom stereocenters. The van der Waals surface area contributed by atoms with Crippen molar-refractivity contribution >= 4 is 27.3 Å². The highest BCUT2D eigenvalue weighted by Crippen LogP contribution is 2.28. The van der Waals surface area contributed by atoms with Gasteiger partial charge in [-0.2, -0.15) is 0 Å². The molecule has 0 bridgehead atoms. The third kappa shape index (κ3) is 15.7. The number of hydrogen-bond acceptors (Lipinski definition) is 4. The Balaban J connectivity index is 2.07. The summed E-state index contributed by atoms with van der Waals surface area (Å²) in [6.07, 6.45) is 21.0. The van der Waals surface area contributed by atoms with Gasteiger partial charge in [-0.15, -0.1) is 0 Å². The van der Waals surface area contributed by atoms with E-state index in [0.717, 1.165) is 19.1 Å². The van der Waals surface area contributed by atoms with Crippen LogP contribution in [-0.2, 0) is 14.8 Å². The van der Waals surface area contributed by atoms with Crippen LogP contribution in [-0.4, -0.2) is 27.7 Å². The standard InChI is InChI=1S/C26H46N2O4S/c1-4-5-6-7-8-9-10-11-12-13-14-15-16-17-18-19-26(29)27-24-21-20-23(22-25(24)32-2)28-33(3,30)31/h20-22,28H,4-19H2,1-3H3,(H,27,29). The number of hydrogen-bond donors (Lipinski definition) is 2. The van der Waals surface area contributed by atoms with Gasteiger partial charge in [0.25, 0.3) is 0 Å². The fourth-order valence-corrected chi connectivity index (χ4v) is 4.50. The predicted molar refractivity (Wildman–Crippen MR) is 140 cm³/mol. The molecular formula is C26H46N2O4S. The van der Waals surface area contributed by atoms with Crippen LogP contribution in [0.25, 0.3) is 0 Å². The molecule has 0 atom stereocenters. The van der Waals surface area contributed by atoms with Gasteiger partial charge in [-0.1, -0.05) is 96.8 Å². The summed E-state index contributed by atoms with van der Waals surface area (Å²) in [5, 5.41) is 2.86. The third-order valence-corrected chi connectivity index (χ3v) is 6.39. The van der Waals surface area contributed by atoms with Crippen molar-refractivity contribution < 1.29 is 17.9 Å². The Morgan fingerprint density at radius 1 is 0.818 bits per heavy atom. The summed E-state index contributed by atoms with van der Waals surface area (Å²) in [4.78, 5) is 12.3. The minimum absolute atomic E-state index is 0.0492. The van der Waals surface area contributed by atoms with Gasteiger partial charge in [0.05, 0.1) is 24.7 Å². The van der Waals surface area contributed by atoms with Crippen molar-refractivity contribution in [1.29, 1.82) is 0 Å². The third-order valence-electron chi connectivity index (χ3n) is 5.79. The van der Waals surface area contributed by atoms with E-state index >= 15 is 0 Å². The van der Waals surface area contributed by atoms with Crippen LogP contribution >= 0.6 is 0 Å². The topological polar surface area (TPSA) is 84.5 Å². The fourth-order valence-electron chi connectivity index (χ4n) is 3.94. The number of unbranched alkanes of at least 4 members (excludes halogenated alkanes) is 14. The monoisotopic (exact) mass is 482 g/mol. The predicted octanol–water partition coefficient (Wildman–Crippen LogP) is 7.27. The van der Waals surface area contributed by atoms with E-state index in [2.05, 4.69) is 17.0 Å². The van der Waals surface area contributed by atoms with E-state index in [9.17, 15) is 13.2 Å². The molecule has 0 aliphatic carbocycles. The maximum atomic E-state index is 12.3. The Morgan fingerprint density at radius 2 is 1.30 bits per heavy atom. The molecule has 33 heavy (non-hydrogen) atoms. The van der Waals surface area contributed by atoms with Crippen molar-refractivity contribution in [3.05, 3.63) is 18.2 Å². The highest BCUT2D eigenvalue weighted by molar-refractivity contribution is 7.92. The summed E-state index contributed by atoms with van der Waals surface area (Å²) >= 11 is 0. The first-order valence-electron chi connectivity index (χ1n) is 12.8. The number of ether oxygens (including phenoxy) is 1. The van der Waals surface area contributed by atoms with E-state index in [1.54, 1.807) is 18.2 Å². The largest absolute Gasteiger partial charge is 0.494 e. The van der Waals surface area contributed by atoms with Crippen LogP contribution in [0.1, 0.15) is 110 Å². The van der Waals surface area contributed by atoms with E-state index in [1.807, 2.05) is 0 Å². The number of benzene rings is 1. The molecule has 0 fully saturated rings. The van der Waals surface area contributed by atoms with Gasteiger partial charge in [-0.25, -0.2) is 8.42 Å². The molecule has 1 aromatic carbocycles. The Morgan fingerprint density at radius 3 is 1.76 bits per heavy atom. The first-order valence-corrected chi connectivity index (χ1v) is 14.7. The fraction of sp³-hybridized carbons (Fsp3) is 0.731. The Kier molecular flexibility index (Phi) is 15.7. The van der Waals surface area contributed by atoms with E-state index < -0.39 is 10.0 Å². The summed E-state index contributed by atoms with van der Waals surface area (Å²) < 4.78 is 30.4. The lowest BCUT2D eigenvalue weighted by molar-refractivity contribution is -0.116. The van der Waals surface area contributed by atoms with Gasteiger partial charge in [-0.3, -0.25) is 9.52 Å². The lowest BCUT2D eigenvalue weighted by Crippen LogP contribution is -2.13. The number of carbonyl (C=O) groups excluding carboxylic acids is 1. The van der Waals surface area contributed by atoms with Crippen LogP contribution in [0.3, 0.4) is 0 Å². The molecule has 7 heteroatoms. The van der Waals surface area contributed by atoms with Crippen LogP contribution in [0, 0.1) is 0 Å². The molecule has 1 amide bonds. The zero-order chi connectivity index (χ0) is 24.4. The van der Waals surface area contributed by atoms with E-state index in [-0.39, 0.29) is 5.91 Å². The van der Waals surface area contributed by atoms with Gasteiger partial charge in [0.2, 0.25) is 15.9 Å². The highest BCUT2D eigenvalue weighted by Gasteiger charge is 2.10. The molecule has 0 aromatic heterocycles. The second-order valence-corrected chi connectivity index (χ2v) is 10.8. The van der Waals surface area contributed by atoms with E-state index in [0.29, 0.717) is 23.5 Å². The lowest BCUT2D eigenvalue weighted by Gasteiger charge is -2.12. The second-order valence-electron chi connectivity index (χ2n) is 9.04. The minimum atomic E-state index is -3.36. The SMILES string of the molecule is CCCCCCCCCCCCCCCCCC(=O)Nc1ccc(NS(C)(=O)=O)cc1OC. The van der Waals surface area contributed by atoms with Crippen molar-refractivity contribution in [2.45, 2.75) is 110 Å². The molecule has 1 aromatic rings. The first-order chi connectivity index (χ1) is 15.9. The molecule has 0 saturated heterocycles. The summed E-state index contributed by atoms with van der Waals surface area (Å²) in [6.45, 7) is 2.26. The number of carbonyl (C=O) groups is 1. The van der Waals surface area contributed by atoms with Crippen LogP contribution in [0.5, 0.6) is 5.75 Å². The molecule has 0 spiro atoms. The molecule has 0 saturated carbocycles. The Hall–Kier alpha value is -1.76. The van der Waals surface area contributed by atoms with Gasteiger partial charge in [0.15, 0.2) is 0 Å². The maximum Gasteiger partial charge on any atom is 0.229 e. The van der Waals surface area contributed by atoms with Crippen LogP contribution in [0.4, 0.5) is 11.4 Å². The Bertz CT molecular complexity index is 766. The normalized spacial score (nSPS) is 11.4. The lowest BCUT2D eigenvalue weighted by atomic mass is 10.0. The van der Waals surface area contributed by atoms with Crippen molar-refractivity contribution in [3.8, 4) is 5.75 Å². The number of methoxy groups -OCH3 is 1. The molecule has 190 valence electrons. The van der Waals surface area contributed by atoms with Gasteiger partial charge in [0, 0.05) is 12.5 Å². The Labute approximate surface area is 202 Å². The molecule has 0 heterocycles. The van der Waals surface area contributed by atoms with Crippen molar-refractivity contribution in [3.63, 3.8) is 0 Å². The molecule has 1 rings (SSSR count). The van der Waals surface area contributed by atoms with Gasteiger partial charge >= 0.3 is 0 Å². The zero-order valence-corrected chi connectivity index (χ0v) is 21.9. The van der Waals surface area contributed by atoms with E-state index in [4.69, 9.17) is 4.74 Å². The zero-order valence-electron chi connectivity index (χ0n) is 21.1. The molecule has 0 aliphatic rings. The quantitative estimate of drug-likeness (QED) is 0.191. The first kappa shape index (κ1) is 29.3. The van der Waals surface area contributed by atoms with Crippen molar-refractivity contribution in [2.24, 2.45) is 0 Å². The average Bonchev–Trinajstić information content (AvgIpc) is 2.76. The van der Waals surface area contributed by atoms with Crippen molar-refractivity contribution in [2.75, 3.05) is 23.4 Å². The summed E-state index contributed by atoms with van der Waals surface area (Å²) in [5.74, 6) is 0.375. The number of amides is 1. The van der Waals surface area contributed by atoms with Crippen LogP contribution < -0.4 is 14.8 Å². The maximum absolute atomic E-state index is 12.3. The second kappa shape index (κ2) is 17.7. The average molecular weight is 483 g/mol. The molecule has 0 aliphatic heterocycles. The summed E-state index contributed by atoms with van der Waals surface area (Å²) in [7, 11) is -1.87. The minimum Gasteiger partial charge on any atom is -0.494 e. The van der Waals surface area contributed by atoms with Gasteiger partial charge in [-0.05, 0) is 18.6 Å². The van der Waals surface area contributed by atoms with E-state index in [1.165, 1.54) is 90.6 Å². The van der Waals surface area contributed by atoms with Crippen LogP contribution in [0.15, 0.2) is 18.2 Å². The highest BCUT2D eigenvalue weighted by atomic mass is 32.2. The van der Waals surface area contributed by atoms with Crippen molar-refractivity contribution in [1.82, 2.24) is 0 Å². The van der Waals surface area contributed by atoms with Gasteiger partial charge < -0.3 is 10.1 Å². The molecule has 2 N–H and O–H groups in total. The molecular weight excluding hydrogens is 436 g/mol. The number of rotatable bonds is 20. The molecule has 0 radical (unpaired) electrons. The number of nitrogens with one attached hydrogen (secondary N) is 2. The van der Waals surface area contributed by atoms with Crippen LogP contribution in [0.2, 0.25) is 0 Å². The van der Waals surface area contributed by atoms with Gasteiger partial charge in [0.1, 0.15) is 5.75 Å². The molecule has 6 nitrogen and oxygen atoms in total. The summed E-state index contributed by atoms with van der Waals surface area (Å²) in [5.41, 5.74) is 0.942. The smallest absolute Gasteiger partial charge is 0.229 e. The number of anilines is 2.